The summed E-state index contributed by atoms with van der Waals surface area (Å²) in [7, 11) is 0. The molecule has 84 valence electrons. The van der Waals surface area contributed by atoms with E-state index in [2.05, 4.69) is 4.98 Å². The maximum atomic E-state index is 11.7. The minimum absolute atomic E-state index is 0.0962. The Kier molecular flexibility index (Phi) is 2.52. The molecule has 0 aliphatic rings. The van der Waals surface area contributed by atoms with Gasteiger partial charge in [-0.2, -0.15) is 0 Å². The number of hydrogen-bond donors (Lipinski definition) is 1. The van der Waals surface area contributed by atoms with Crippen molar-refractivity contribution < 1.29 is 14.6 Å². The van der Waals surface area contributed by atoms with Crippen LogP contribution < -0.4 is 0 Å². The number of aromatic hydroxyl groups is 1. The molecule has 0 saturated carbocycles. The fourth-order valence-corrected chi connectivity index (χ4v) is 1.63. The molecule has 0 fully saturated rings. The molecule has 0 aliphatic carbocycles. The standard InChI is InChI=1S/C11H12N2O3/c1-3-16-11(15)9-6-12-10(14)8-5-4-7(2)13(8)9/h4-6H,3H2,1-2H3,(H,12,14). The molecular formula is C11H12N2O3. The zero-order chi connectivity index (χ0) is 11.7. The van der Waals surface area contributed by atoms with Gasteiger partial charge in [0.2, 0.25) is 5.88 Å². The molecule has 0 aromatic carbocycles. The van der Waals surface area contributed by atoms with Gasteiger partial charge in [0.05, 0.1) is 12.8 Å². The molecule has 0 unspecified atom stereocenters. The highest BCUT2D eigenvalue weighted by Gasteiger charge is 2.15. The first-order valence-corrected chi connectivity index (χ1v) is 4.98. The molecule has 1 N–H and O–H groups in total. The predicted octanol–water partition coefficient (Wildman–Crippen LogP) is 1.53. The first kappa shape index (κ1) is 10.5. The van der Waals surface area contributed by atoms with Crippen LogP contribution in [0.3, 0.4) is 0 Å². The van der Waals surface area contributed by atoms with Gasteiger partial charge in [-0.05, 0) is 26.0 Å². The molecule has 2 heterocycles. The summed E-state index contributed by atoms with van der Waals surface area (Å²) in [5.74, 6) is -0.541. The minimum Gasteiger partial charge on any atom is -0.492 e. The molecule has 16 heavy (non-hydrogen) atoms. The molecule has 0 spiro atoms. The van der Waals surface area contributed by atoms with Crippen LogP contribution in [0.15, 0.2) is 18.3 Å². The second-order valence-electron chi connectivity index (χ2n) is 3.38. The maximum absolute atomic E-state index is 11.7. The number of aromatic nitrogens is 2. The lowest BCUT2D eigenvalue weighted by Gasteiger charge is -2.07. The minimum atomic E-state index is -0.445. The number of ether oxygens (including phenoxy) is 1. The Bertz CT molecular complexity index is 545. The van der Waals surface area contributed by atoms with E-state index in [0.29, 0.717) is 17.8 Å². The molecule has 2 aromatic heterocycles. The van der Waals surface area contributed by atoms with Crippen molar-refractivity contribution in [2.24, 2.45) is 0 Å². The van der Waals surface area contributed by atoms with E-state index in [1.165, 1.54) is 6.20 Å². The summed E-state index contributed by atoms with van der Waals surface area (Å²) in [6, 6.07) is 3.51. The van der Waals surface area contributed by atoms with Gasteiger partial charge in [0.1, 0.15) is 5.52 Å². The number of carbonyl (C=O) groups excluding carboxylic acids is 1. The molecule has 0 radical (unpaired) electrons. The van der Waals surface area contributed by atoms with Crippen LogP contribution in [-0.2, 0) is 4.74 Å². The number of aryl methyl sites for hydroxylation is 1. The maximum Gasteiger partial charge on any atom is 0.356 e. The lowest BCUT2D eigenvalue weighted by molar-refractivity contribution is 0.0517. The Labute approximate surface area is 92.3 Å². The lowest BCUT2D eigenvalue weighted by atomic mass is 10.4. The van der Waals surface area contributed by atoms with Crippen molar-refractivity contribution in [1.29, 1.82) is 0 Å². The second kappa shape index (κ2) is 3.84. The summed E-state index contributed by atoms with van der Waals surface area (Å²) in [5.41, 5.74) is 1.66. The van der Waals surface area contributed by atoms with Gasteiger partial charge in [-0.25, -0.2) is 9.78 Å². The number of rotatable bonds is 2. The average Bonchev–Trinajstić information content (AvgIpc) is 2.63. The molecule has 0 saturated heterocycles. The highest BCUT2D eigenvalue weighted by Crippen LogP contribution is 2.20. The third-order valence-corrected chi connectivity index (χ3v) is 2.34. The van der Waals surface area contributed by atoms with E-state index in [1.807, 2.05) is 6.92 Å². The molecule has 5 nitrogen and oxygen atoms in total. The fraction of sp³-hybridized carbons (Fsp3) is 0.273. The Balaban J connectivity index is 2.66. The zero-order valence-corrected chi connectivity index (χ0v) is 9.10. The summed E-state index contributed by atoms with van der Waals surface area (Å²) in [5, 5.41) is 9.54. The van der Waals surface area contributed by atoms with Crippen molar-refractivity contribution in [2.75, 3.05) is 6.61 Å². The van der Waals surface area contributed by atoms with Gasteiger partial charge < -0.3 is 14.2 Å². The summed E-state index contributed by atoms with van der Waals surface area (Å²) in [4.78, 5) is 15.4. The highest BCUT2D eigenvalue weighted by molar-refractivity contribution is 5.88. The van der Waals surface area contributed by atoms with Gasteiger partial charge in [0.25, 0.3) is 0 Å². The summed E-state index contributed by atoms with van der Waals surface area (Å²) >= 11 is 0. The zero-order valence-electron chi connectivity index (χ0n) is 9.10. The van der Waals surface area contributed by atoms with E-state index in [0.717, 1.165) is 5.69 Å². The van der Waals surface area contributed by atoms with E-state index < -0.39 is 5.97 Å². The molecular weight excluding hydrogens is 208 g/mol. The van der Waals surface area contributed by atoms with E-state index in [4.69, 9.17) is 4.74 Å². The Morgan fingerprint density at radius 1 is 1.56 bits per heavy atom. The smallest absolute Gasteiger partial charge is 0.356 e. The number of nitrogens with zero attached hydrogens (tertiary/aromatic N) is 2. The second-order valence-corrected chi connectivity index (χ2v) is 3.38. The number of fused-ring (bicyclic) bond motifs is 1. The van der Waals surface area contributed by atoms with Crippen molar-refractivity contribution in [3.05, 3.63) is 29.7 Å². The van der Waals surface area contributed by atoms with Crippen molar-refractivity contribution in [3.63, 3.8) is 0 Å². The summed E-state index contributed by atoms with van der Waals surface area (Å²) in [6.45, 7) is 3.89. The van der Waals surface area contributed by atoms with Crippen LogP contribution in [0, 0.1) is 6.92 Å². The molecule has 0 amide bonds. The quantitative estimate of drug-likeness (QED) is 0.779. The summed E-state index contributed by atoms with van der Waals surface area (Å²) < 4.78 is 6.54. The number of hydrogen-bond acceptors (Lipinski definition) is 4. The van der Waals surface area contributed by atoms with Gasteiger partial charge in [-0.15, -0.1) is 0 Å². The van der Waals surface area contributed by atoms with E-state index in [1.54, 1.807) is 23.5 Å². The van der Waals surface area contributed by atoms with Gasteiger partial charge in [0.15, 0.2) is 5.69 Å². The van der Waals surface area contributed by atoms with Crippen molar-refractivity contribution in [3.8, 4) is 5.88 Å². The molecule has 0 atom stereocenters. The fourth-order valence-electron chi connectivity index (χ4n) is 1.63. The Hall–Kier alpha value is -2.04. The monoisotopic (exact) mass is 220 g/mol. The van der Waals surface area contributed by atoms with E-state index >= 15 is 0 Å². The first-order chi connectivity index (χ1) is 7.65. The Morgan fingerprint density at radius 2 is 2.31 bits per heavy atom. The molecule has 2 rings (SSSR count). The molecule has 5 heteroatoms. The van der Waals surface area contributed by atoms with Gasteiger partial charge in [0, 0.05) is 5.69 Å². The first-order valence-electron chi connectivity index (χ1n) is 4.98. The van der Waals surface area contributed by atoms with Crippen LogP contribution in [0.1, 0.15) is 23.1 Å². The third-order valence-electron chi connectivity index (χ3n) is 2.34. The molecule has 2 aromatic rings. The van der Waals surface area contributed by atoms with Crippen molar-refractivity contribution in [2.45, 2.75) is 13.8 Å². The van der Waals surface area contributed by atoms with Crippen LogP contribution >= 0.6 is 0 Å². The number of carbonyl (C=O) groups is 1. The topological polar surface area (TPSA) is 63.8 Å². The molecule has 0 aliphatic heterocycles. The van der Waals surface area contributed by atoms with Crippen LogP contribution in [0.4, 0.5) is 0 Å². The van der Waals surface area contributed by atoms with Gasteiger partial charge >= 0.3 is 5.97 Å². The lowest BCUT2D eigenvalue weighted by Crippen LogP contribution is -2.11. The summed E-state index contributed by atoms with van der Waals surface area (Å²) in [6.07, 6.45) is 1.31. The van der Waals surface area contributed by atoms with Crippen LogP contribution in [0.5, 0.6) is 5.88 Å². The largest absolute Gasteiger partial charge is 0.492 e. The molecule has 0 bridgehead atoms. The van der Waals surface area contributed by atoms with Gasteiger partial charge in [-0.3, -0.25) is 0 Å². The van der Waals surface area contributed by atoms with Gasteiger partial charge in [-0.1, -0.05) is 0 Å². The third kappa shape index (κ3) is 1.50. The van der Waals surface area contributed by atoms with Crippen LogP contribution in [-0.4, -0.2) is 27.1 Å². The number of esters is 1. The van der Waals surface area contributed by atoms with Crippen LogP contribution in [0.25, 0.3) is 5.52 Å². The normalized spacial score (nSPS) is 10.6. The van der Waals surface area contributed by atoms with Crippen molar-refractivity contribution in [1.82, 2.24) is 9.38 Å². The highest BCUT2D eigenvalue weighted by atomic mass is 16.5. The van der Waals surface area contributed by atoms with Crippen molar-refractivity contribution >= 4 is 11.5 Å². The Morgan fingerprint density at radius 3 is 3.00 bits per heavy atom. The van der Waals surface area contributed by atoms with Crippen LogP contribution in [0.2, 0.25) is 0 Å². The van der Waals surface area contributed by atoms with E-state index in [-0.39, 0.29) is 5.88 Å². The average molecular weight is 220 g/mol. The SMILES string of the molecule is CCOC(=O)c1cnc(O)c2ccc(C)n12. The van der Waals surface area contributed by atoms with E-state index in [9.17, 15) is 9.90 Å². The predicted molar refractivity (Wildman–Crippen MR) is 57.6 cm³/mol.